The molecule has 4 heteroatoms. The molecule has 2 aliphatic carbocycles. The number of halogens is 2. The van der Waals surface area contributed by atoms with Gasteiger partial charge in [-0.25, -0.2) is 0 Å². The van der Waals surface area contributed by atoms with Gasteiger partial charge < -0.3 is 0 Å². The van der Waals surface area contributed by atoms with Gasteiger partial charge >= 0.3 is 163 Å². The van der Waals surface area contributed by atoms with Crippen LogP contribution < -0.4 is 5.22 Å². The molecule has 1 aromatic carbocycles. The van der Waals surface area contributed by atoms with Crippen LogP contribution in [-0.2, 0) is 19.4 Å². The summed E-state index contributed by atoms with van der Waals surface area (Å²) in [7, 11) is 12.6. The first-order chi connectivity index (χ1) is 11.3. The minimum absolute atomic E-state index is 0.504. The average molecular weight is 454 g/mol. The zero-order chi connectivity index (χ0) is 17.6. The van der Waals surface area contributed by atoms with Crippen molar-refractivity contribution in [1.82, 2.24) is 0 Å². The molecule has 0 radical (unpaired) electrons. The topological polar surface area (TPSA) is 0 Å². The van der Waals surface area contributed by atoms with Gasteiger partial charge in [0.05, 0.1) is 0 Å². The van der Waals surface area contributed by atoms with Gasteiger partial charge in [0, 0.05) is 0 Å². The van der Waals surface area contributed by atoms with Gasteiger partial charge in [0.25, 0.3) is 0 Å². The Labute approximate surface area is 161 Å². The molecule has 125 valence electrons. The van der Waals surface area contributed by atoms with Crippen LogP contribution in [0.5, 0.6) is 0 Å². The standard InChI is InChI=1S/C20H23Si.2ClH.Zr/c1-13(2)18-17(21(4)5)11-10-16-12-14(3)19(20(16)18)15-8-6-7-9-15;;;/h6-8,10-11,13H,9H2,1-5H3;2*1H;/q;;;+2/p-2. The van der Waals surface area contributed by atoms with Crippen molar-refractivity contribution in [1.29, 1.82) is 0 Å². The van der Waals surface area contributed by atoms with Crippen LogP contribution in [0.3, 0.4) is 0 Å². The van der Waals surface area contributed by atoms with Crippen molar-refractivity contribution in [2.75, 3.05) is 0 Å². The van der Waals surface area contributed by atoms with Gasteiger partial charge in [0.1, 0.15) is 0 Å². The van der Waals surface area contributed by atoms with Crippen molar-refractivity contribution in [3.05, 3.63) is 62.7 Å². The van der Waals surface area contributed by atoms with Gasteiger partial charge in [-0.3, -0.25) is 0 Å². The van der Waals surface area contributed by atoms with Crippen LogP contribution in [0.15, 0.2) is 41.5 Å². The first-order valence-electron chi connectivity index (χ1n) is 8.45. The fourth-order valence-electron chi connectivity index (χ4n) is 3.92. The first kappa shape index (κ1) is 18.8. The molecule has 0 spiro atoms. The Morgan fingerprint density at radius 3 is 2.38 bits per heavy atom. The fraction of sp³-hybridized carbons (Fsp3) is 0.350. The van der Waals surface area contributed by atoms with Crippen molar-refractivity contribution in [2.24, 2.45) is 0 Å². The van der Waals surface area contributed by atoms with E-state index in [1.54, 1.807) is 4.81 Å². The van der Waals surface area contributed by atoms with Gasteiger partial charge in [0.2, 0.25) is 0 Å². The van der Waals surface area contributed by atoms with Crippen LogP contribution in [0.4, 0.5) is 0 Å². The quantitative estimate of drug-likeness (QED) is 0.485. The number of hydrogen-bond donors (Lipinski definition) is 0. The predicted molar refractivity (Wildman–Crippen MR) is 106 cm³/mol. The van der Waals surface area contributed by atoms with Crippen molar-refractivity contribution in [3.63, 3.8) is 0 Å². The van der Waals surface area contributed by atoms with Crippen LogP contribution >= 0.6 is 17.0 Å². The molecule has 0 aliphatic heterocycles. The Bertz CT molecular complexity index is 914. The molecule has 0 unspecified atom stereocenters. The van der Waals surface area contributed by atoms with Gasteiger partial charge in [-0.05, 0) is 0 Å². The van der Waals surface area contributed by atoms with Crippen LogP contribution in [0.25, 0.3) is 8.85 Å². The van der Waals surface area contributed by atoms with E-state index in [2.05, 4.69) is 64.2 Å². The zero-order valence-electron chi connectivity index (χ0n) is 14.9. The van der Waals surface area contributed by atoms with Crippen molar-refractivity contribution in [3.8, 4) is 0 Å². The molecular formula is C20H23Cl2SiZr. The maximum absolute atomic E-state index is 6.58. The van der Waals surface area contributed by atoms with E-state index >= 15 is 0 Å². The second-order valence-electron chi connectivity index (χ2n) is 7.06. The van der Waals surface area contributed by atoms with E-state index in [4.69, 9.17) is 17.0 Å². The number of hydrogen-bond acceptors (Lipinski definition) is 0. The normalized spacial score (nSPS) is 16.2. The van der Waals surface area contributed by atoms with E-state index in [1.165, 1.54) is 36.3 Å². The summed E-state index contributed by atoms with van der Waals surface area (Å²) in [6.07, 6.45) is 7.68. The summed E-state index contributed by atoms with van der Waals surface area (Å²) in [6.45, 7) is 11.6. The summed E-state index contributed by atoms with van der Waals surface area (Å²) >= 11 is -2.53. The molecule has 0 atom stereocenters. The summed E-state index contributed by atoms with van der Waals surface area (Å²) < 4.78 is 1.29. The van der Waals surface area contributed by atoms with Crippen LogP contribution in [-0.4, -0.2) is 8.41 Å². The number of allylic oxidation sites excluding steroid dienone is 6. The predicted octanol–water partition coefficient (Wildman–Crippen LogP) is 6.10. The van der Waals surface area contributed by atoms with Gasteiger partial charge in [-0.15, -0.1) is 0 Å². The SMILES string of the molecule is CC1=C(C2=CC=CC2)c2c(C(C)C)c(=[Si](C)C)ccc2=[C]1[Zr]([Cl])[Cl]. The summed E-state index contributed by atoms with van der Waals surface area (Å²) in [6, 6.07) is 4.65. The summed E-state index contributed by atoms with van der Waals surface area (Å²) in [5.74, 6) is 0.504. The van der Waals surface area contributed by atoms with E-state index in [0.29, 0.717) is 5.92 Å². The van der Waals surface area contributed by atoms with E-state index in [9.17, 15) is 0 Å². The van der Waals surface area contributed by atoms with Gasteiger partial charge in [-0.1, -0.05) is 0 Å². The van der Waals surface area contributed by atoms with Crippen LogP contribution in [0.1, 0.15) is 44.2 Å². The Morgan fingerprint density at radius 2 is 1.88 bits per heavy atom. The second kappa shape index (κ2) is 7.31. The molecule has 0 aromatic heterocycles. The zero-order valence-corrected chi connectivity index (χ0v) is 19.9. The number of fused-ring (bicyclic) bond motifs is 1. The van der Waals surface area contributed by atoms with E-state index in [0.717, 1.165) is 6.42 Å². The molecule has 0 nitrogen and oxygen atoms in total. The van der Waals surface area contributed by atoms with E-state index in [1.807, 2.05) is 0 Å². The number of benzene rings is 1. The summed E-state index contributed by atoms with van der Waals surface area (Å²) in [5.41, 5.74) is 7.14. The molecule has 2 aliphatic rings. The Hall–Kier alpha value is -0.01000. The molecule has 0 bridgehead atoms. The molecule has 0 saturated carbocycles. The third-order valence-corrected chi connectivity index (χ3v) is 11.2. The Kier molecular flexibility index (Phi) is 5.72. The minimum atomic E-state index is -2.53. The third kappa shape index (κ3) is 3.09. The molecule has 0 saturated heterocycles. The summed E-state index contributed by atoms with van der Waals surface area (Å²) in [4.78, 5) is 1.56. The van der Waals surface area contributed by atoms with Crippen molar-refractivity contribution in [2.45, 2.75) is 46.2 Å². The average Bonchev–Trinajstić information content (AvgIpc) is 3.09. The van der Waals surface area contributed by atoms with Gasteiger partial charge in [0.15, 0.2) is 0 Å². The monoisotopic (exact) mass is 451 g/mol. The molecular weight excluding hydrogens is 430 g/mol. The Balaban J connectivity index is 2.47. The molecule has 0 fully saturated rings. The molecule has 1 aromatic rings. The van der Waals surface area contributed by atoms with Crippen molar-refractivity contribution >= 4 is 34.3 Å². The van der Waals surface area contributed by atoms with E-state index in [-0.39, 0.29) is 0 Å². The van der Waals surface area contributed by atoms with Crippen molar-refractivity contribution < 1.29 is 19.4 Å². The molecule has 0 heterocycles. The molecule has 3 rings (SSSR count). The molecule has 0 amide bonds. The first-order valence-corrected chi connectivity index (χ1v) is 18.5. The Morgan fingerprint density at radius 1 is 1.17 bits per heavy atom. The second-order valence-corrected chi connectivity index (χ2v) is 17.7. The fourth-order valence-corrected chi connectivity index (χ4v) is 10.2. The maximum atomic E-state index is 6.58. The van der Waals surface area contributed by atoms with Crippen LogP contribution in [0.2, 0.25) is 13.1 Å². The van der Waals surface area contributed by atoms with Crippen LogP contribution in [0, 0.1) is 4.81 Å². The summed E-state index contributed by atoms with van der Waals surface area (Å²) in [5, 5.41) is 1.32. The molecule has 24 heavy (non-hydrogen) atoms. The van der Waals surface area contributed by atoms with Gasteiger partial charge in [-0.2, -0.15) is 0 Å². The van der Waals surface area contributed by atoms with E-state index < -0.39 is 27.8 Å². The number of rotatable bonds is 3. The third-order valence-electron chi connectivity index (χ3n) is 4.91. The molecule has 0 N–H and O–H groups in total.